The molecule has 6 rings (SSSR count). The average Bonchev–Trinajstić information content (AvgIpc) is 3.18. The molecule has 1 N–H and O–H groups in total. The minimum absolute atomic E-state index is 0.224. The van der Waals surface area contributed by atoms with E-state index in [1.165, 1.54) is 4.88 Å². The third-order valence-corrected chi connectivity index (χ3v) is 6.73. The van der Waals surface area contributed by atoms with Crippen LogP contribution < -0.4 is 10.9 Å². The van der Waals surface area contributed by atoms with Gasteiger partial charge in [-0.15, -0.1) is 11.3 Å². The fourth-order valence-corrected chi connectivity index (χ4v) is 5.35. The molecular formula is C25H17NO2S. The molecule has 140 valence electrons. The fourth-order valence-electron chi connectivity index (χ4n) is 4.41. The van der Waals surface area contributed by atoms with Crippen molar-refractivity contribution in [3.05, 3.63) is 98.5 Å². The molecule has 4 heteroatoms. The molecular weight excluding hydrogens is 378 g/mol. The fraction of sp³-hybridized carbons (Fsp3) is 0.0800. The molecule has 5 aromatic rings. The number of benzene rings is 3. The molecule has 0 fully saturated rings. The van der Waals surface area contributed by atoms with Crippen LogP contribution >= 0.6 is 11.3 Å². The van der Waals surface area contributed by atoms with Crippen molar-refractivity contribution in [3.63, 3.8) is 0 Å². The second-order valence-corrected chi connectivity index (χ2v) is 8.73. The normalized spacial score (nSPS) is 15.1. The van der Waals surface area contributed by atoms with Crippen molar-refractivity contribution >= 4 is 38.8 Å². The van der Waals surface area contributed by atoms with Gasteiger partial charge in [0.15, 0.2) is 0 Å². The highest BCUT2D eigenvalue weighted by atomic mass is 32.1. The van der Waals surface area contributed by atoms with Crippen molar-refractivity contribution in [1.82, 2.24) is 0 Å². The summed E-state index contributed by atoms with van der Waals surface area (Å²) in [7, 11) is 0. The van der Waals surface area contributed by atoms with Gasteiger partial charge in [0, 0.05) is 32.0 Å². The molecule has 0 bridgehead atoms. The third kappa shape index (κ3) is 2.39. The van der Waals surface area contributed by atoms with Crippen molar-refractivity contribution in [1.29, 1.82) is 0 Å². The Balaban J connectivity index is 1.80. The first kappa shape index (κ1) is 16.6. The van der Waals surface area contributed by atoms with Crippen LogP contribution in [0.4, 0.5) is 5.69 Å². The Morgan fingerprint density at radius 3 is 2.48 bits per heavy atom. The largest absolute Gasteiger partial charge is 0.422 e. The molecule has 29 heavy (non-hydrogen) atoms. The molecule has 0 aliphatic carbocycles. The third-order valence-electron chi connectivity index (χ3n) is 5.66. The topological polar surface area (TPSA) is 42.2 Å². The molecule has 0 saturated carbocycles. The van der Waals surface area contributed by atoms with E-state index in [0.29, 0.717) is 11.1 Å². The zero-order valence-electron chi connectivity index (χ0n) is 15.7. The van der Waals surface area contributed by atoms with Gasteiger partial charge in [0.05, 0.1) is 11.6 Å². The maximum absolute atomic E-state index is 13.2. The van der Waals surface area contributed by atoms with E-state index in [9.17, 15) is 4.79 Å². The van der Waals surface area contributed by atoms with E-state index in [0.717, 1.165) is 37.9 Å². The van der Waals surface area contributed by atoms with E-state index >= 15 is 0 Å². The highest BCUT2D eigenvalue weighted by Crippen LogP contribution is 2.48. The minimum atomic E-state index is -0.277. The van der Waals surface area contributed by atoms with Crippen LogP contribution in [0.3, 0.4) is 0 Å². The quantitative estimate of drug-likeness (QED) is 0.330. The molecule has 3 nitrogen and oxygen atoms in total. The standard InChI is InChI=1S/C25H17NO2S/c1-14-10-13-20(29-14)24-23-22(17-8-4-5-9-19(17)28-25(23)27)21-16-7-3-2-6-15(16)11-12-18(21)26-24/h2-13,24,26H,1H3/t24-/m1/s1. The summed E-state index contributed by atoms with van der Waals surface area (Å²) in [5, 5.41) is 6.89. The number of rotatable bonds is 1. The molecule has 1 atom stereocenters. The summed E-state index contributed by atoms with van der Waals surface area (Å²) >= 11 is 1.71. The van der Waals surface area contributed by atoms with Crippen LogP contribution in [0.1, 0.15) is 21.4 Å². The zero-order valence-corrected chi connectivity index (χ0v) is 16.5. The number of anilines is 1. The smallest absolute Gasteiger partial charge is 0.342 e. The van der Waals surface area contributed by atoms with E-state index in [2.05, 4.69) is 48.6 Å². The van der Waals surface area contributed by atoms with Crippen molar-refractivity contribution in [2.24, 2.45) is 0 Å². The zero-order chi connectivity index (χ0) is 19.5. The Bertz CT molecular complexity index is 1480. The SMILES string of the molecule is Cc1ccc([C@H]2Nc3ccc4ccccc4c3-c3c2c(=O)oc2ccccc32)s1. The van der Waals surface area contributed by atoms with Gasteiger partial charge in [-0.3, -0.25) is 0 Å². The van der Waals surface area contributed by atoms with Crippen LogP contribution in [0, 0.1) is 6.92 Å². The second-order valence-electron chi connectivity index (χ2n) is 7.41. The lowest BCUT2D eigenvalue weighted by Crippen LogP contribution is -2.25. The maximum atomic E-state index is 13.2. The van der Waals surface area contributed by atoms with Crippen molar-refractivity contribution in [3.8, 4) is 11.1 Å². The van der Waals surface area contributed by atoms with Crippen molar-refractivity contribution < 1.29 is 4.42 Å². The number of thiophene rings is 1. The molecule has 0 saturated heterocycles. The van der Waals surface area contributed by atoms with Crippen LogP contribution in [-0.4, -0.2) is 0 Å². The molecule has 0 unspecified atom stereocenters. The van der Waals surface area contributed by atoms with E-state index in [-0.39, 0.29) is 11.7 Å². The van der Waals surface area contributed by atoms with E-state index in [1.807, 2.05) is 36.4 Å². The predicted octanol–water partition coefficient (Wildman–Crippen LogP) is 6.50. The number of nitrogens with one attached hydrogen (secondary N) is 1. The Morgan fingerprint density at radius 1 is 0.862 bits per heavy atom. The summed E-state index contributed by atoms with van der Waals surface area (Å²) in [5.74, 6) is 0. The summed E-state index contributed by atoms with van der Waals surface area (Å²) in [4.78, 5) is 15.5. The van der Waals surface area contributed by atoms with E-state index in [1.54, 1.807) is 11.3 Å². The number of fused-ring (bicyclic) bond motifs is 7. The molecule has 1 aliphatic heterocycles. The minimum Gasteiger partial charge on any atom is -0.422 e. The Hall–Kier alpha value is -3.37. The van der Waals surface area contributed by atoms with Gasteiger partial charge in [-0.25, -0.2) is 4.79 Å². The van der Waals surface area contributed by atoms with Crippen LogP contribution in [-0.2, 0) is 0 Å². The molecule has 0 radical (unpaired) electrons. The van der Waals surface area contributed by atoms with Crippen LogP contribution in [0.15, 0.2) is 82.0 Å². The van der Waals surface area contributed by atoms with Gasteiger partial charge in [-0.1, -0.05) is 48.5 Å². The van der Waals surface area contributed by atoms with Crippen LogP contribution in [0.5, 0.6) is 0 Å². The van der Waals surface area contributed by atoms with Gasteiger partial charge < -0.3 is 9.73 Å². The second kappa shape index (κ2) is 6.06. The van der Waals surface area contributed by atoms with Gasteiger partial charge in [0.1, 0.15) is 5.58 Å². The lowest BCUT2D eigenvalue weighted by atomic mass is 9.85. The van der Waals surface area contributed by atoms with Gasteiger partial charge in [-0.05, 0) is 42.0 Å². The summed E-state index contributed by atoms with van der Waals surface area (Å²) < 4.78 is 5.75. The number of aryl methyl sites for hydroxylation is 1. The van der Waals surface area contributed by atoms with Gasteiger partial charge in [0.2, 0.25) is 0 Å². The summed E-state index contributed by atoms with van der Waals surface area (Å²) in [6, 6.07) is 24.4. The molecule has 0 amide bonds. The molecule has 1 aliphatic rings. The van der Waals surface area contributed by atoms with Gasteiger partial charge in [-0.2, -0.15) is 0 Å². The first-order valence-electron chi connectivity index (χ1n) is 9.61. The number of hydrogen-bond acceptors (Lipinski definition) is 4. The molecule has 3 aromatic carbocycles. The number of para-hydroxylation sites is 1. The number of hydrogen-bond donors (Lipinski definition) is 1. The summed E-state index contributed by atoms with van der Waals surface area (Å²) in [6.07, 6.45) is 0. The monoisotopic (exact) mass is 395 g/mol. The van der Waals surface area contributed by atoms with E-state index < -0.39 is 0 Å². The Morgan fingerprint density at radius 2 is 1.66 bits per heavy atom. The lowest BCUT2D eigenvalue weighted by Gasteiger charge is -2.30. The summed E-state index contributed by atoms with van der Waals surface area (Å²) in [5.41, 5.74) is 4.14. The van der Waals surface area contributed by atoms with Crippen LogP contribution in [0.2, 0.25) is 0 Å². The van der Waals surface area contributed by atoms with Gasteiger partial charge in [0.25, 0.3) is 0 Å². The lowest BCUT2D eigenvalue weighted by molar-refractivity contribution is 0.548. The highest BCUT2D eigenvalue weighted by Gasteiger charge is 2.32. The Kier molecular flexibility index (Phi) is 3.46. The average molecular weight is 395 g/mol. The molecule has 3 heterocycles. The maximum Gasteiger partial charge on any atom is 0.342 e. The molecule has 0 spiro atoms. The Labute approximate surface area is 171 Å². The predicted molar refractivity (Wildman–Crippen MR) is 120 cm³/mol. The van der Waals surface area contributed by atoms with Crippen LogP contribution in [0.25, 0.3) is 32.9 Å². The highest BCUT2D eigenvalue weighted by molar-refractivity contribution is 7.12. The molecule has 2 aromatic heterocycles. The first-order valence-corrected chi connectivity index (χ1v) is 10.4. The first-order chi connectivity index (χ1) is 14.2. The van der Waals surface area contributed by atoms with E-state index in [4.69, 9.17) is 4.42 Å². The van der Waals surface area contributed by atoms with Crippen molar-refractivity contribution in [2.75, 3.05) is 5.32 Å². The van der Waals surface area contributed by atoms with Crippen molar-refractivity contribution in [2.45, 2.75) is 13.0 Å². The summed E-state index contributed by atoms with van der Waals surface area (Å²) in [6.45, 7) is 2.09. The van der Waals surface area contributed by atoms with Gasteiger partial charge >= 0.3 is 5.63 Å².